The molecule has 0 saturated carbocycles. The lowest BCUT2D eigenvalue weighted by molar-refractivity contribution is 0.838. The van der Waals surface area contributed by atoms with Gasteiger partial charge in [0.15, 0.2) is 5.13 Å². The maximum Gasteiger partial charge on any atom is 0.184 e. The Morgan fingerprint density at radius 3 is 2.84 bits per heavy atom. The topological polar surface area (TPSA) is 37.8 Å². The third-order valence-electron chi connectivity index (χ3n) is 2.84. The molecule has 0 aliphatic heterocycles. The van der Waals surface area contributed by atoms with Crippen LogP contribution in [0.2, 0.25) is 5.02 Å². The molecule has 2 aromatic heterocycles. The van der Waals surface area contributed by atoms with E-state index in [0.717, 1.165) is 26.1 Å². The Morgan fingerprint density at radius 1 is 1.21 bits per heavy atom. The van der Waals surface area contributed by atoms with Gasteiger partial charge in [0.05, 0.1) is 27.0 Å². The van der Waals surface area contributed by atoms with Crippen LogP contribution in [0.5, 0.6) is 0 Å². The number of hydrogen-bond donors (Lipinski definition) is 1. The van der Waals surface area contributed by atoms with Gasteiger partial charge in [-0.25, -0.2) is 4.98 Å². The van der Waals surface area contributed by atoms with E-state index in [-0.39, 0.29) is 6.04 Å². The lowest BCUT2D eigenvalue weighted by atomic mass is 10.2. The Kier molecular flexibility index (Phi) is 3.36. The first-order valence-electron chi connectivity index (χ1n) is 5.96. The largest absolute Gasteiger partial charge is 0.353 e. The van der Waals surface area contributed by atoms with Crippen LogP contribution in [0.4, 0.5) is 5.13 Å². The van der Waals surface area contributed by atoms with Gasteiger partial charge in [-0.3, -0.25) is 4.98 Å². The van der Waals surface area contributed by atoms with Crippen LogP contribution in [-0.2, 0) is 0 Å². The maximum atomic E-state index is 6.15. The number of benzene rings is 1. The smallest absolute Gasteiger partial charge is 0.184 e. The fraction of sp³-hybridized carbons (Fsp3) is 0.143. The highest BCUT2D eigenvalue weighted by molar-refractivity contribution is 7.22. The molecule has 2 heterocycles. The van der Waals surface area contributed by atoms with E-state index in [1.54, 1.807) is 17.5 Å². The zero-order valence-electron chi connectivity index (χ0n) is 10.3. The molecule has 1 atom stereocenters. The average molecular weight is 290 g/mol. The highest BCUT2D eigenvalue weighted by Gasteiger charge is 2.11. The molecule has 0 saturated heterocycles. The van der Waals surface area contributed by atoms with Crippen LogP contribution in [0.15, 0.2) is 42.6 Å². The predicted molar refractivity (Wildman–Crippen MR) is 80.9 cm³/mol. The van der Waals surface area contributed by atoms with Crippen molar-refractivity contribution in [3.05, 3.63) is 53.3 Å². The van der Waals surface area contributed by atoms with Crippen molar-refractivity contribution < 1.29 is 0 Å². The molecule has 0 bridgehead atoms. The first-order chi connectivity index (χ1) is 9.24. The minimum absolute atomic E-state index is 0.112. The molecule has 0 spiro atoms. The molecule has 0 amide bonds. The van der Waals surface area contributed by atoms with Gasteiger partial charge in [0.1, 0.15) is 0 Å². The number of aromatic nitrogens is 2. The van der Waals surface area contributed by atoms with E-state index in [0.29, 0.717) is 0 Å². The number of pyridine rings is 1. The van der Waals surface area contributed by atoms with Crippen molar-refractivity contribution in [1.82, 2.24) is 9.97 Å². The van der Waals surface area contributed by atoms with Crippen LogP contribution in [0.3, 0.4) is 0 Å². The monoisotopic (exact) mass is 289 g/mol. The highest BCUT2D eigenvalue weighted by atomic mass is 35.5. The summed E-state index contributed by atoms with van der Waals surface area (Å²) in [5.41, 5.74) is 1.92. The van der Waals surface area contributed by atoms with E-state index in [1.165, 1.54) is 0 Å². The zero-order valence-corrected chi connectivity index (χ0v) is 11.9. The number of hydrogen-bond acceptors (Lipinski definition) is 4. The van der Waals surface area contributed by atoms with Crippen molar-refractivity contribution in [2.45, 2.75) is 13.0 Å². The van der Waals surface area contributed by atoms with Crippen LogP contribution < -0.4 is 5.32 Å². The molecule has 5 heteroatoms. The van der Waals surface area contributed by atoms with Crippen molar-refractivity contribution in [2.75, 3.05) is 5.32 Å². The van der Waals surface area contributed by atoms with Crippen molar-refractivity contribution >= 4 is 38.3 Å². The van der Waals surface area contributed by atoms with Crippen molar-refractivity contribution in [3.63, 3.8) is 0 Å². The van der Waals surface area contributed by atoms with E-state index < -0.39 is 0 Å². The van der Waals surface area contributed by atoms with Gasteiger partial charge in [0.2, 0.25) is 0 Å². The minimum Gasteiger partial charge on any atom is -0.353 e. The van der Waals surface area contributed by atoms with Gasteiger partial charge in [-0.2, -0.15) is 0 Å². The molecule has 0 aliphatic rings. The van der Waals surface area contributed by atoms with Crippen LogP contribution in [0, 0.1) is 0 Å². The normalized spacial score (nSPS) is 12.5. The second-order valence-electron chi connectivity index (χ2n) is 4.23. The molecule has 3 nitrogen and oxygen atoms in total. The third kappa shape index (κ3) is 2.55. The average Bonchev–Trinajstić information content (AvgIpc) is 2.84. The number of anilines is 1. The standard InChI is InChI=1S/C14H12ClN3S/c1-9(11-6-2-3-8-16-11)17-14-18-12-7-4-5-10(15)13(12)19-14/h2-9H,1H3,(H,17,18). The van der Waals surface area contributed by atoms with E-state index in [9.17, 15) is 0 Å². The molecule has 1 N–H and O–H groups in total. The SMILES string of the molecule is CC(Nc1nc2cccc(Cl)c2s1)c1ccccn1. The molecule has 19 heavy (non-hydrogen) atoms. The van der Waals surface area contributed by atoms with Gasteiger partial charge < -0.3 is 5.32 Å². The molecule has 1 unspecified atom stereocenters. The van der Waals surface area contributed by atoms with Crippen LogP contribution >= 0.6 is 22.9 Å². The second-order valence-corrected chi connectivity index (χ2v) is 5.63. The fourth-order valence-electron chi connectivity index (χ4n) is 1.87. The van der Waals surface area contributed by atoms with Gasteiger partial charge >= 0.3 is 0 Å². The number of nitrogens with zero attached hydrogens (tertiary/aromatic N) is 2. The number of thiazole rings is 1. The molecule has 0 aliphatic carbocycles. The lowest BCUT2D eigenvalue weighted by Gasteiger charge is -2.11. The van der Waals surface area contributed by atoms with Crippen LogP contribution in [0.1, 0.15) is 18.7 Å². The first-order valence-corrected chi connectivity index (χ1v) is 7.16. The van der Waals surface area contributed by atoms with Gasteiger partial charge in [-0.15, -0.1) is 0 Å². The molecule has 0 radical (unpaired) electrons. The summed E-state index contributed by atoms with van der Waals surface area (Å²) in [6.45, 7) is 2.07. The van der Waals surface area contributed by atoms with Gasteiger partial charge in [-0.1, -0.05) is 35.1 Å². The Balaban J connectivity index is 1.88. The van der Waals surface area contributed by atoms with Crippen molar-refractivity contribution in [2.24, 2.45) is 0 Å². The highest BCUT2D eigenvalue weighted by Crippen LogP contribution is 2.33. The summed E-state index contributed by atoms with van der Waals surface area (Å²) >= 11 is 7.72. The van der Waals surface area contributed by atoms with E-state index >= 15 is 0 Å². The summed E-state index contributed by atoms with van der Waals surface area (Å²) in [4.78, 5) is 8.87. The molecular weight excluding hydrogens is 278 g/mol. The van der Waals surface area contributed by atoms with E-state index in [2.05, 4.69) is 22.2 Å². The lowest BCUT2D eigenvalue weighted by Crippen LogP contribution is -2.07. The van der Waals surface area contributed by atoms with Crippen LogP contribution in [0.25, 0.3) is 10.2 Å². The number of fused-ring (bicyclic) bond motifs is 1. The summed E-state index contributed by atoms with van der Waals surface area (Å²) in [6, 6.07) is 11.8. The number of rotatable bonds is 3. The summed E-state index contributed by atoms with van der Waals surface area (Å²) in [5.74, 6) is 0. The van der Waals surface area contributed by atoms with Gasteiger partial charge in [0.25, 0.3) is 0 Å². The minimum atomic E-state index is 0.112. The van der Waals surface area contributed by atoms with Crippen molar-refractivity contribution in [1.29, 1.82) is 0 Å². The van der Waals surface area contributed by atoms with Gasteiger partial charge in [-0.05, 0) is 31.2 Å². The Morgan fingerprint density at radius 2 is 2.11 bits per heavy atom. The molecule has 1 aromatic carbocycles. The fourth-order valence-corrected chi connectivity index (χ4v) is 3.11. The first kappa shape index (κ1) is 12.4. The Bertz CT molecular complexity index is 696. The quantitative estimate of drug-likeness (QED) is 0.770. The zero-order chi connectivity index (χ0) is 13.2. The van der Waals surface area contributed by atoms with Crippen LogP contribution in [-0.4, -0.2) is 9.97 Å². The summed E-state index contributed by atoms with van der Waals surface area (Å²) in [5, 5.41) is 4.97. The van der Waals surface area contributed by atoms with Gasteiger partial charge in [0, 0.05) is 6.20 Å². The Labute approximate surface area is 120 Å². The molecular formula is C14H12ClN3S. The summed E-state index contributed by atoms with van der Waals surface area (Å²) < 4.78 is 1.01. The van der Waals surface area contributed by atoms with E-state index in [4.69, 9.17) is 11.6 Å². The summed E-state index contributed by atoms with van der Waals surface area (Å²) in [6.07, 6.45) is 1.79. The second kappa shape index (κ2) is 5.15. The number of halogens is 1. The van der Waals surface area contributed by atoms with E-state index in [1.807, 2.05) is 36.4 Å². The molecule has 3 aromatic rings. The summed E-state index contributed by atoms with van der Waals surface area (Å²) in [7, 11) is 0. The Hall–Kier alpha value is -1.65. The molecule has 0 fully saturated rings. The van der Waals surface area contributed by atoms with Crippen molar-refractivity contribution in [3.8, 4) is 0 Å². The molecule has 96 valence electrons. The third-order valence-corrected chi connectivity index (χ3v) is 4.30. The predicted octanol–water partition coefficient (Wildman–Crippen LogP) is 4.52. The number of nitrogens with one attached hydrogen (secondary N) is 1. The maximum absolute atomic E-state index is 6.15. The molecule has 3 rings (SSSR count).